The van der Waals surface area contributed by atoms with Gasteiger partial charge in [0.1, 0.15) is 0 Å². The van der Waals surface area contributed by atoms with Crippen molar-refractivity contribution < 1.29 is 9.59 Å². The monoisotopic (exact) mass is 445 g/mol. The Kier molecular flexibility index (Phi) is 7.48. The Labute approximate surface area is 196 Å². The van der Waals surface area contributed by atoms with Crippen molar-refractivity contribution in [2.75, 3.05) is 19.6 Å². The third-order valence-electron chi connectivity index (χ3n) is 6.57. The molecule has 5 nitrogen and oxygen atoms in total. The zero-order chi connectivity index (χ0) is 23.2. The van der Waals surface area contributed by atoms with E-state index in [1.54, 1.807) is 4.90 Å². The van der Waals surface area contributed by atoms with Crippen LogP contribution in [-0.2, 0) is 22.6 Å². The van der Waals surface area contributed by atoms with Crippen molar-refractivity contribution in [3.63, 3.8) is 0 Å². The maximum Gasteiger partial charge on any atom is 0.242 e. The summed E-state index contributed by atoms with van der Waals surface area (Å²) in [4.78, 5) is 33.6. The summed E-state index contributed by atoms with van der Waals surface area (Å²) in [5.74, 6) is 0.604. The van der Waals surface area contributed by atoms with Gasteiger partial charge in [-0.05, 0) is 42.4 Å². The first-order chi connectivity index (χ1) is 16.0. The second kappa shape index (κ2) is 10.7. The van der Waals surface area contributed by atoms with Crippen molar-refractivity contribution in [3.05, 3.63) is 71.9 Å². The van der Waals surface area contributed by atoms with Crippen molar-refractivity contribution >= 4 is 22.7 Å². The van der Waals surface area contributed by atoms with E-state index in [9.17, 15) is 9.59 Å². The van der Waals surface area contributed by atoms with Crippen LogP contribution >= 0.6 is 0 Å². The van der Waals surface area contributed by atoms with Gasteiger partial charge in [-0.1, -0.05) is 68.8 Å². The average Bonchev–Trinajstić information content (AvgIpc) is 3.18. The minimum absolute atomic E-state index is 0.0204. The minimum atomic E-state index is 0.0204. The van der Waals surface area contributed by atoms with Gasteiger partial charge in [-0.2, -0.15) is 0 Å². The molecule has 0 spiro atoms. The van der Waals surface area contributed by atoms with E-state index in [0.717, 1.165) is 36.8 Å². The second-order valence-electron chi connectivity index (χ2n) is 9.65. The SMILES string of the molecule is CC(C)CN(CC(=O)N(CCc1c[nH]c2ccccc12)Cc1ccccc1)C(=O)C1CCC1. The molecule has 1 aromatic heterocycles. The zero-order valence-electron chi connectivity index (χ0n) is 19.8. The van der Waals surface area contributed by atoms with Crippen LogP contribution in [0.15, 0.2) is 60.8 Å². The number of carbonyl (C=O) groups is 2. The number of nitrogens with zero attached hydrogens (tertiary/aromatic N) is 2. The van der Waals surface area contributed by atoms with Crippen LogP contribution in [0.3, 0.4) is 0 Å². The normalized spacial score (nSPS) is 13.8. The largest absolute Gasteiger partial charge is 0.361 e. The number of aromatic nitrogens is 1. The fourth-order valence-corrected chi connectivity index (χ4v) is 4.54. The molecule has 4 rings (SSSR count). The maximum absolute atomic E-state index is 13.5. The summed E-state index contributed by atoms with van der Waals surface area (Å²) in [5.41, 5.74) is 3.43. The molecule has 1 saturated carbocycles. The molecule has 2 aromatic carbocycles. The van der Waals surface area contributed by atoms with Crippen molar-refractivity contribution in [1.82, 2.24) is 14.8 Å². The standard InChI is InChI=1S/C28H35N3O2/c1-21(2)18-31(28(33)23-11-8-12-23)20-27(32)30(19-22-9-4-3-5-10-22)16-15-24-17-29-26-14-7-6-13-25(24)26/h3-7,9-10,13-14,17,21,23,29H,8,11-12,15-16,18-20H2,1-2H3. The number of fused-ring (bicyclic) bond motifs is 1. The number of rotatable bonds is 10. The highest BCUT2D eigenvalue weighted by atomic mass is 16.2. The van der Waals surface area contributed by atoms with Crippen LogP contribution in [0, 0.1) is 11.8 Å². The lowest BCUT2D eigenvalue weighted by atomic mass is 9.84. The van der Waals surface area contributed by atoms with Crippen LogP contribution in [0.5, 0.6) is 0 Å². The molecule has 0 atom stereocenters. The lowest BCUT2D eigenvalue weighted by molar-refractivity contribution is -0.145. The summed E-state index contributed by atoms with van der Waals surface area (Å²) in [6.45, 7) is 6.16. The molecule has 0 aliphatic heterocycles. The molecule has 1 fully saturated rings. The Balaban J connectivity index is 1.49. The van der Waals surface area contributed by atoms with Gasteiger partial charge >= 0.3 is 0 Å². The highest BCUT2D eigenvalue weighted by molar-refractivity contribution is 5.86. The van der Waals surface area contributed by atoms with Gasteiger partial charge in [0, 0.05) is 42.7 Å². The van der Waals surface area contributed by atoms with Crippen LogP contribution in [0.4, 0.5) is 0 Å². The number of aromatic amines is 1. The minimum Gasteiger partial charge on any atom is -0.361 e. The van der Waals surface area contributed by atoms with E-state index in [1.165, 1.54) is 10.9 Å². The van der Waals surface area contributed by atoms with Gasteiger partial charge in [-0.3, -0.25) is 9.59 Å². The second-order valence-corrected chi connectivity index (χ2v) is 9.65. The van der Waals surface area contributed by atoms with Crippen LogP contribution < -0.4 is 0 Å². The van der Waals surface area contributed by atoms with Crippen molar-refractivity contribution in [2.45, 2.75) is 46.1 Å². The maximum atomic E-state index is 13.5. The number of carbonyl (C=O) groups excluding carboxylic acids is 2. The van der Waals surface area contributed by atoms with Gasteiger partial charge in [0.25, 0.3) is 0 Å². The predicted octanol–water partition coefficient (Wildman–Crippen LogP) is 5.02. The molecule has 1 N–H and O–H groups in total. The molecule has 174 valence electrons. The van der Waals surface area contributed by atoms with E-state index in [-0.39, 0.29) is 24.3 Å². The Morgan fingerprint density at radius 3 is 2.42 bits per heavy atom. The van der Waals surface area contributed by atoms with E-state index >= 15 is 0 Å². The topological polar surface area (TPSA) is 56.4 Å². The van der Waals surface area contributed by atoms with Crippen molar-refractivity contribution in [2.24, 2.45) is 11.8 Å². The zero-order valence-corrected chi connectivity index (χ0v) is 19.8. The van der Waals surface area contributed by atoms with Gasteiger partial charge in [-0.15, -0.1) is 0 Å². The summed E-state index contributed by atoms with van der Waals surface area (Å²) in [6, 6.07) is 18.4. The Morgan fingerprint density at radius 1 is 1.00 bits per heavy atom. The first kappa shape index (κ1) is 23.1. The molecular weight excluding hydrogens is 410 g/mol. The Hall–Kier alpha value is -3.08. The Bertz CT molecular complexity index is 1070. The van der Waals surface area contributed by atoms with Crippen LogP contribution in [0.2, 0.25) is 0 Å². The molecule has 1 aliphatic rings. The van der Waals surface area contributed by atoms with Crippen molar-refractivity contribution in [3.8, 4) is 0 Å². The first-order valence-corrected chi connectivity index (χ1v) is 12.2. The van der Waals surface area contributed by atoms with E-state index < -0.39 is 0 Å². The molecule has 1 aliphatic carbocycles. The molecule has 33 heavy (non-hydrogen) atoms. The number of hydrogen-bond donors (Lipinski definition) is 1. The van der Waals surface area contributed by atoms with Crippen LogP contribution in [0.25, 0.3) is 10.9 Å². The van der Waals surface area contributed by atoms with Gasteiger partial charge in [0.2, 0.25) is 11.8 Å². The van der Waals surface area contributed by atoms with E-state index in [2.05, 4.69) is 43.1 Å². The number of nitrogens with one attached hydrogen (secondary N) is 1. The summed E-state index contributed by atoms with van der Waals surface area (Å²) >= 11 is 0. The van der Waals surface area contributed by atoms with Crippen LogP contribution in [0.1, 0.15) is 44.2 Å². The number of benzene rings is 2. The molecule has 0 bridgehead atoms. The Morgan fingerprint density at radius 2 is 1.73 bits per heavy atom. The third-order valence-corrected chi connectivity index (χ3v) is 6.57. The average molecular weight is 446 g/mol. The molecule has 0 unspecified atom stereocenters. The van der Waals surface area contributed by atoms with Gasteiger partial charge in [0.05, 0.1) is 6.54 Å². The van der Waals surface area contributed by atoms with E-state index in [1.807, 2.05) is 41.4 Å². The summed E-state index contributed by atoms with van der Waals surface area (Å²) in [5, 5.41) is 1.20. The third kappa shape index (κ3) is 5.84. The lowest BCUT2D eigenvalue weighted by Crippen LogP contribution is -2.47. The number of hydrogen-bond acceptors (Lipinski definition) is 2. The van der Waals surface area contributed by atoms with Crippen molar-refractivity contribution in [1.29, 1.82) is 0 Å². The molecule has 0 saturated heterocycles. The fraction of sp³-hybridized carbons (Fsp3) is 0.429. The summed E-state index contributed by atoms with van der Waals surface area (Å²) < 4.78 is 0. The highest BCUT2D eigenvalue weighted by Crippen LogP contribution is 2.28. The van der Waals surface area contributed by atoms with Gasteiger partial charge < -0.3 is 14.8 Å². The lowest BCUT2D eigenvalue weighted by Gasteiger charge is -2.34. The number of para-hydroxylation sites is 1. The van der Waals surface area contributed by atoms with Crippen LogP contribution in [-0.4, -0.2) is 46.2 Å². The first-order valence-electron chi connectivity index (χ1n) is 12.2. The molecule has 0 radical (unpaired) electrons. The predicted molar refractivity (Wildman–Crippen MR) is 133 cm³/mol. The highest BCUT2D eigenvalue weighted by Gasteiger charge is 2.31. The van der Waals surface area contributed by atoms with E-state index in [0.29, 0.717) is 25.6 Å². The fourth-order valence-electron chi connectivity index (χ4n) is 4.54. The van der Waals surface area contributed by atoms with Gasteiger partial charge in [-0.25, -0.2) is 0 Å². The summed E-state index contributed by atoms with van der Waals surface area (Å²) in [6.07, 6.45) is 5.83. The molecule has 5 heteroatoms. The quantitative estimate of drug-likeness (QED) is 0.476. The molecule has 3 aromatic rings. The summed E-state index contributed by atoms with van der Waals surface area (Å²) in [7, 11) is 0. The number of amides is 2. The molecule has 1 heterocycles. The number of H-pyrrole nitrogens is 1. The van der Waals surface area contributed by atoms with E-state index in [4.69, 9.17) is 0 Å². The molecule has 2 amide bonds. The molecular formula is C28H35N3O2. The van der Waals surface area contributed by atoms with Gasteiger partial charge in [0.15, 0.2) is 0 Å². The smallest absolute Gasteiger partial charge is 0.242 e.